The van der Waals surface area contributed by atoms with E-state index in [1.54, 1.807) is 4.90 Å². The largest absolute Gasteiger partial charge is 0.411 e. The average molecular weight is 527 g/mol. The van der Waals surface area contributed by atoms with E-state index >= 15 is 0 Å². The molecular weight excluding hydrogens is 493 g/mol. The lowest BCUT2D eigenvalue weighted by Gasteiger charge is -2.33. The van der Waals surface area contributed by atoms with Gasteiger partial charge in [0.05, 0.1) is 15.8 Å². The molecular formula is C26H34Cl3N3O2. The lowest BCUT2D eigenvalue weighted by Crippen LogP contribution is -2.38. The summed E-state index contributed by atoms with van der Waals surface area (Å²) in [7, 11) is 1.85. The Balaban J connectivity index is 0.00000408. The molecule has 0 radical (unpaired) electrons. The maximum absolute atomic E-state index is 12.9. The highest BCUT2D eigenvalue weighted by Gasteiger charge is 2.25. The Labute approximate surface area is 219 Å². The van der Waals surface area contributed by atoms with Crippen LogP contribution in [0.1, 0.15) is 54.4 Å². The first-order chi connectivity index (χ1) is 15.9. The van der Waals surface area contributed by atoms with Crippen LogP contribution in [0.25, 0.3) is 0 Å². The van der Waals surface area contributed by atoms with E-state index in [0.29, 0.717) is 28.1 Å². The summed E-state index contributed by atoms with van der Waals surface area (Å²) in [5, 5.41) is 13.8. The van der Waals surface area contributed by atoms with Crippen molar-refractivity contribution in [2.24, 2.45) is 11.1 Å². The zero-order chi connectivity index (χ0) is 23.8. The molecule has 1 fully saturated rings. The summed E-state index contributed by atoms with van der Waals surface area (Å²) in [6.45, 7) is 5.53. The summed E-state index contributed by atoms with van der Waals surface area (Å²) in [5.41, 5.74) is 2.68. The summed E-state index contributed by atoms with van der Waals surface area (Å²) < 4.78 is 0. The van der Waals surface area contributed by atoms with E-state index < -0.39 is 0 Å². The topological polar surface area (TPSA) is 56.1 Å². The number of halogens is 3. The molecule has 0 saturated carbocycles. The number of carbonyl (C=O) groups is 1. The number of nitrogens with zero attached hydrogens (tertiary/aromatic N) is 3. The molecule has 1 aliphatic heterocycles. The number of likely N-dealkylation sites (tertiary alicyclic amines) is 1. The number of amides is 1. The smallest absolute Gasteiger partial charge is 0.253 e. The molecule has 0 unspecified atom stereocenters. The molecule has 1 heterocycles. The van der Waals surface area contributed by atoms with E-state index in [0.717, 1.165) is 56.6 Å². The van der Waals surface area contributed by atoms with Gasteiger partial charge in [0.25, 0.3) is 5.91 Å². The Hall–Kier alpha value is -1.79. The van der Waals surface area contributed by atoms with Gasteiger partial charge in [-0.05, 0) is 75.1 Å². The Kier molecular flexibility index (Phi) is 11.7. The van der Waals surface area contributed by atoms with Gasteiger partial charge in [-0.25, -0.2) is 0 Å². The standard InChI is InChI=1S/C26H33Cl2N3O2.ClH/c1-3-25(29-33)19-11-14-31(15-12-19)16-13-22(21-9-10-23(27)24(28)17-21)18-30(2)26(32)20-7-5-4-6-8-20;/h4-10,17,19,22,33H,3,11-16,18H2,1-2H3;1H/b29-25+;/t22-;/m1./s1. The number of piperidine rings is 1. The molecule has 0 bridgehead atoms. The number of rotatable bonds is 9. The van der Waals surface area contributed by atoms with Crippen LogP contribution in [0.15, 0.2) is 53.7 Å². The van der Waals surface area contributed by atoms with Crippen molar-refractivity contribution >= 4 is 47.2 Å². The number of oxime groups is 1. The number of carbonyl (C=O) groups excluding carboxylic acids is 1. The molecule has 0 aromatic heterocycles. The molecule has 5 nitrogen and oxygen atoms in total. The average Bonchev–Trinajstić information content (AvgIpc) is 2.85. The maximum Gasteiger partial charge on any atom is 0.253 e. The summed E-state index contributed by atoms with van der Waals surface area (Å²) >= 11 is 12.5. The first kappa shape index (κ1) is 28.4. The molecule has 1 N–H and O–H groups in total. The van der Waals surface area contributed by atoms with Gasteiger partial charge in [0.1, 0.15) is 0 Å². The van der Waals surface area contributed by atoms with Crippen LogP contribution in [0.4, 0.5) is 0 Å². The minimum absolute atomic E-state index is 0. The second-order valence-electron chi connectivity index (χ2n) is 8.77. The van der Waals surface area contributed by atoms with Crippen LogP contribution < -0.4 is 0 Å². The second kappa shape index (κ2) is 13.9. The summed E-state index contributed by atoms with van der Waals surface area (Å²) in [6, 6.07) is 15.1. The minimum atomic E-state index is 0. The van der Waals surface area contributed by atoms with Crippen molar-refractivity contribution in [1.82, 2.24) is 9.80 Å². The predicted molar refractivity (Wildman–Crippen MR) is 143 cm³/mol. The third kappa shape index (κ3) is 7.61. The fraction of sp³-hybridized carbons (Fsp3) is 0.462. The van der Waals surface area contributed by atoms with Crippen molar-refractivity contribution < 1.29 is 10.0 Å². The van der Waals surface area contributed by atoms with Crippen molar-refractivity contribution in [1.29, 1.82) is 0 Å². The lowest BCUT2D eigenvalue weighted by atomic mass is 9.89. The fourth-order valence-corrected chi connectivity index (χ4v) is 4.92. The van der Waals surface area contributed by atoms with Crippen molar-refractivity contribution in [3.63, 3.8) is 0 Å². The van der Waals surface area contributed by atoms with Crippen LogP contribution in [0.2, 0.25) is 10.0 Å². The highest BCUT2D eigenvalue weighted by molar-refractivity contribution is 6.42. The van der Waals surface area contributed by atoms with Gasteiger partial charge in [-0.15, -0.1) is 12.4 Å². The normalized spacial score (nSPS) is 16.1. The minimum Gasteiger partial charge on any atom is -0.411 e. The Bertz CT molecular complexity index is 948. The van der Waals surface area contributed by atoms with Crippen LogP contribution in [0.3, 0.4) is 0 Å². The monoisotopic (exact) mass is 525 g/mol. The molecule has 0 spiro atoms. The van der Waals surface area contributed by atoms with Gasteiger partial charge in [0.2, 0.25) is 0 Å². The van der Waals surface area contributed by atoms with E-state index in [-0.39, 0.29) is 24.2 Å². The first-order valence-corrected chi connectivity index (χ1v) is 12.4. The number of likely N-dealkylation sites (N-methyl/N-ethyl adjacent to an activating group) is 1. The van der Waals surface area contributed by atoms with Crippen LogP contribution in [-0.4, -0.2) is 59.9 Å². The van der Waals surface area contributed by atoms with Gasteiger partial charge in [-0.2, -0.15) is 0 Å². The molecule has 34 heavy (non-hydrogen) atoms. The molecule has 3 rings (SSSR count). The van der Waals surface area contributed by atoms with E-state index in [2.05, 4.69) is 10.1 Å². The summed E-state index contributed by atoms with van der Waals surface area (Å²) in [4.78, 5) is 17.2. The van der Waals surface area contributed by atoms with Crippen molar-refractivity contribution in [2.45, 2.75) is 38.5 Å². The lowest BCUT2D eigenvalue weighted by molar-refractivity contribution is 0.0781. The molecule has 2 aromatic rings. The Morgan fingerprint density at radius 2 is 1.82 bits per heavy atom. The third-order valence-electron chi connectivity index (χ3n) is 6.62. The van der Waals surface area contributed by atoms with E-state index in [1.807, 2.05) is 62.5 Å². The second-order valence-corrected chi connectivity index (χ2v) is 9.59. The zero-order valence-corrected chi connectivity index (χ0v) is 22.1. The van der Waals surface area contributed by atoms with Gasteiger partial charge in [0.15, 0.2) is 0 Å². The predicted octanol–water partition coefficient (Wildman–Crippen LogP) is 6.61. The zero-order valence-electron chi connectivity index (χ0n) is 19.8. The van der Waals surface area contributed by atoms with E-state index in [9.17, 15) is 10.0 Å². The van der Waals surface area contributed by atoms with Gasteiger partial charge >= 0.3 is 0 Å². The van der Waals surface area contributed by atoms with Gasteiger partial charge in [0, 0.05) is 31.0 Å². The number of hydrogen-bond donors (Lipinski definition) is 1. The molecule has 1 saturated heterocycles. The maximum atomic E-state index is 12.9. The van der Waals surface area contributed by atoms with Gasteiger partial charge in [-0.1, -0.05) is 59.5 Å². The Morgan fingerprint density at radius 1 is 1.15 bits per heavy atom. The van der Waals surface area contributed by atoms with Gasteiger partial charge < -0.3 is 15.0 Å². The highest BCUT2D eigenvalue weighted by atomic mass is 35.5. The highest BCUT2D eigenvalue weighted by Crippen LogP contribution is 2.30. The van der Waals surface area contributed by atoms with Crippen molar-refractivity contribution in [3.05, 3.63) is 69.7 Å². The molecule has 1 atom stereocenters. The van der Waals surface area contributed by atoms with Crippen LogP contribution >= 0.6 is 35.6 Å². The van der Waals surface area contributed by atoms with Crippen LogP contribution in [0.5, 0.6) is 0 Å². The number of hydrogen-bond acceptors (Lipinski definition) is 4. The quantitative estimate of drug-likeness (QED) is 0.227. The molecule has 1 aliphatic rings. The molecule has 1 amide bonds. The van der Waals surface area contributed by atoms with E-state index in [4.69, 9.17) is 23.2 Å². The van der Waals surface area contributed by atoms with Crippen LogP contribution in [0, 0.1) is 5.92 Å². The van der Waals surface area contributed by atoms with Crippen LogP contribution in [-0.2, 0) is 0 Å². The first-order valence-electron chi connectivity index (χ1n) is 11.6. The number of benzene rings is 2. The SMILES string of the molecule is CC/C(=N\O)C1CCN(CC[C@H](CN(C)C(=O)c2ccccc2)c2ccc(Cl)c(Cl)c2)CC1.Cl. The third-order valence-corrected chi connectivity index (χ3v) is 7.36. The molecule has 2 aromatic carbocycles. The van der Waals surface area contributed by atoms with Gasteiger partial charge in [-0.3, -0.25) is 4.79 Å². The molecule has 8 heteroatoms. The summed E-state index contributed by atoms with van der Waals surface area (Å²) in [6.07, 6.45) is 3.72. The van der Waals surface area contributed by atoms with E-state index in [1.165, 1.54) is 0 Å². The van der Waals surface area contributed by atoms with Crippen molar-refractivity contribution in [2.75, 3.05) is 33.2 Å². The summed E-state index contributed by atoms with van der Waals surface area (Å²) in [5.74, 6) is 0.522. The molecule has 186 valence electrons. The fourth-order valence-electron chi connectivity index (χ4n) is 4.61. The molecule has 0 aliphatic carbocycles. The van der Waals surface area contributed by atoms with Crippen molar-refractivity contribution in [3.8, 4) is 0 Å². The Morgan fingerprint density at radius 3 is 2.41 bits per heavy atom.